The van der Waals surface area contributed by atoms with Crippen LogP contribution in [0.1, 0.15) is 30.4 Å². The van der Waals surface area contributed by atoms with Crippen molar-refractivity contribution in [3.63, 3.8) is 0 Å². The molecule has 1 fully saturated rings. The summed E-state index contributed by atoms with van der Waals surface area (Å²) < 4.78 is 6.14. The number of benzene rings is 2. The standard InChI is InChI=1S/C32H41IN4O7/c1-2-3-12-29(40)35-26(18-22-8-5-4-6-9-22)30(41)36-27(19-23-10-7-11-24(33)17-23)32(43)37-21-25(39)20-28(37)31(42)34-13-15-44-16-14-38/h2,4-11,17,25-28,38-39H,1,3,12-16,18-21H2,(H,34,42)(H,35,40)(H,36,41)/t25-,26+,27+,28+/m1/s1. The zero-order chi connectivity index (χ0) is 31.9. The highest BCUT2D eigenvalue weighted by Gasteiger charge is 2.42. The zero-order valence-electron chi connectivity index (χ0n) is 24.6. The molecular weight excluding hydrogens is 679 g/mol. The van der Waals surface area contributed by atoms with Crippen molar-refractivity contribution >= 4 is 46.2 Å². The van der Waals surface area contributed by atoms with Crippen LogP contribution in [-0.2, 0) is 36.8 Å². The SMILES string of the molecule is C=CCCC(=O)N[C@@H](Cc1ccccc1)C(=O)N[C@@H](Cc1cccc(I)c1)C(=O)N1C[C@H](O)C[C@H]1C(=O)NCCOCCO. The maximum atomic E-state index is 14.1. The first-order chi connectivity index (χ1) is 21.2. The summed E-state index contributed by atoms with van der Waals surface area (Å²) in [5.74, 6) is -1.81. The number of nitrogens with one attached hydrogen (secondary N) is 3. The minimum atomic E-state index is -1.07. The molecule has 3 rings (SSSR count). The highest BCUT2D eigenvalue weighted by Crippen LogP contribution is 2.21. The van der Waals surface area contributed by atoms with Gasteiger partial charge in [-0.1, -0.05) is 48.5 Å². The van der Waals surface area contributed by atoms with Gasteiger partial charge in [-0.2, -0.15) is 0 Å². The van der Waals surface area contributed by atoms with Gasteiger partial charge in [-0.3, -0.25) is 19.2 Å². The second kappa shape index (κ2) is 18.5. The second-order valence-electron chi connectivity index (χ2n) is 10.6. The van der Waals surface area contributed by atoms with E-state index >= 15 is 0 Å². The molecule has 4 amide bonds. The van der Waals surface area contributed by atoms with Crippen molar-refractivity contribution in [1.82, 2.24) is 20.9 Å². The molecule has 11 nitrogen and oxygen atoms in total. The molecule has 44 heavy (non-hydrogen) atoms. The highest BCUT2D eigenvalue weighted by atomic mass is 127. The number of allylic oxidation sites excluding steroid dienone is 1. The third-order valence-corrected chi connectivity index (χ3v) is 7.77. The average Bonchev–Trinajstić information content (AvgIpc) is 3.41. The summed E-state index contributed by atoms with van der Waals surface area (Å²) in [5.41, 5.74) is 1.63. The van der Waals surface area contributed by atoms with E-state index in [0.717, 1.165) is 14.7 Å². The Hall–Kier alpha value is -3.33. The average molecular weight is 721 g/mol. The summed E-state index contributed by atoms with van der Waals surface area (Å²) in [5, 5.41) is 27.7. The maximum Gasteiger partial charge on any atom is 0.246 e. The number of β-amino-alcohol motifs (C(OH)–C–C–N with tert-alkyl or cyclic N) is 1. The Morgan fingerprint density at radius 1 is 1.02 bits per heavy atom. The third-order valence-electron chi connectivity index (χ3n) is 7.10. The summed E-state index contributed by atoms with van der Waals surface area (Å²) in [4.78, 5) is 54.8. The lowest BCUT2D eigenvalue weighted by atomic mass is 10.0. The molecule has 2 aromatic rings. The Morgan fingerprint density at radius 2 is 1.75 bits per heavy atom. The number of rotatable bonds is 17. The molecule has 0 bridgehead atoms. The Bertz CT molecular complexity index is 1260. The molecular formula is C32H41IN4O7. The minimum Gasteiger partial charge on any atom is -0.394 e. The number of ether oxygens (including phenoxy) is 1. The van der Waals surface area contributed by atoms with Crippen molar-refractivity contribution in [2.75, 3.05) is 32.9 Å². The van der Waals surface area contributed by atoms with E-state index in [9.17, 15) is 24.3 Å². The fourth-order valence-corrected chi connectivity index (χ4v) is 5.58. The summed E-state index contributed by atoms with van der Waals surface area (Å²) in [7, 11) is 0. The number of nitrogens with zero attached hydrogens (tertiary/aromatic N) is 1. The number of hydrogen-bond acceptors (Lipinski definition) is 7. The lowest BCUT2D eigenvalue weighted by molar-refractivity contribution is -0.142. The molecule has 4 atom stereocenters. The lowest BCUT2D eigenvalue weighted by Gasteiger charge is -2.30. The van der Waals surface area contributed by atoms with Crippen LogP contribution in [0.3, 0.4) is 0 Å². The van der Waals surface area contributed by atoms with Crippen molar-refractivity contribution in [3.8, 4) is 0 Å². The predicted molar refractivity (Wildman–Crippen MR) is 173 cm³/mol. The van der Waals surface area contributed by atoms with Gasteiger partial charge in [0.1, 0.15) is 18.1 Å². The Balaban J connectivity index is 1.83. The molecule has 0 unspecified atom stereocenters. The van der Waals surface area contributed by atoms with Gasteiger partial charge in [0.15, 0.2) is 0 Å². The van der Waals surface area contributed by atoms with Crippen LogP contribution in [0.2, 0.25) is 0 Å². The predicted octanol–water partition coefficient (Wildman–Crippen LogP) is 1.10. The van der Waals surface area contributed by atoms with Gasteiger partial charge in [0, 0.05) is 42.3 Å². The van der Waals surface area contributed by atoms with Crippen LogP contribution in [0.4, 0.5) is 0 Å². The first kappa shape index (κ1) is 35.2. The third kappa shape index (κ3) is 11.3. The summed E-state index contributed by atoms with van der Waals surface area (Å²) in [6.07, 6.45) is 1.73. The number of amides is 4. The van der Waals surface area contributed by atoms with Gasteiger partial charge in [-0.15, -0.1) is 6.58 Å². The Labute approximate surface area is 271 Å². The fourth-order valence-electron chi connectivity index (χ4n) is 4.97. The number of likely N-dealkylation sites (tertiary alicyclic amines) is 1. The van der Waals surface area contributed by atoms with E-state index in [1.54, 1.807) is 6.08 Å². The molecule has 1 heterocycles. The minimum absolute atomic E-state index is 0.0506. The zero-order valence-corrected chi connectivity index (χ0v) is 26.8. The number of aliphatic hydroxyl groups is 2. The molecule has 0 aliphatic carbocycles. The number of hydrogen-bond donors (Lipinski definition) is 5. The van der Waals surface area contributed by atoms with Gasteiger partial charge in [0.2, 0.25) is 23.6 Å². The van der Waals surface area contributed by atoms with Crippen molar-refractivity contribution in [1.29, 1.82) is 0 Å². The first-order valence-corrected chi connectivity index (χ1v) is 15.7. The summed E-state index contributed by atoms with van der Waals surface area (Å²) in [6.45, 7) is 3.94. The molecule has 1 saturated heterocycles. The number of aliphatic hydroxyl groups excluding tert-OH is 2. The van der Waals surface area contributed by atoms with E-state index in [1.807, 2.05) is 54.6 Å². The largest absolute Gasteiger partial charge is 0.394 e. The van der Waals surface area contributed by atoms with Crippen molar-refractivity contribution in [2.24, 2.45) is 0 Å². The van der Waals surface area contributed by atoms with Crippen LogP contribution < -0.4 is 16.0 Å². The summed E-state index contributed by atoms with van der Waals surface area (Å²) >= 11 is 2.17. The highest BCUT2D eigenvalue weighted by molar-refractivity contribution is 14.1. The monoisotopic (exact) mass is 720 g/mol. The second-order valence-corrected chi connectivity index (χ2v) is 11.8. The summed E-state index contributed by atoms with van der Waals surface area (Å²) in [6, 6.07) is 13.8. The quantitative estimate of drug-likeness (QED) is 0.0932. The molecule has 238 valence electrons. The van der Waals surface area contributed by atoms with E-state index in [2.05, 4.69) is 45.1 Å². The molecule has 1 aliphatic rings. The van der Waals surface area contributed by atoms with Crippen LogP contribution in [0, 0.1) is 3.57 Å². The van der Waals surface area contributed by atoms with E-state index in [-0.39, 0.29) is 64.5 Å². The van der Waals surface area contributed by atoms with Gasteiger partial charge >= 0.3 is 0 Å². The van der Waals surface area contributed by atoms with Crippen molar-refractivity contribution in [2.45, 2.75) is 56.3 Å². The van der Waals surface area contributed by atoms with E-state index in [0.29, 0.717) is 6.42 Å². The van der Waals surface area contributed by atoms with Crippen LogP contribution >= 0.6 is 22.6 Å². The molecule has 5 N–H and O–H groups in total. The van der Waals surface area contributed by atoms with Gasteiger partial charge in [-0.25, -0.2) is 0 Å². The molecule has 12 heteroatoms. The van der Waals surface area contributed by atoms with Crippen LogP contribution in [0.5, 0.6) is 0 Å². The van der Waals surface area contributed by atoms with Crippen LogP contribution in [-0.4, -0.2) is 95.9 Å². The Morgan fingerprint density at radius 3 is 2.45 bits per heavy atom. The van der Waals surface area contributed by atoms with E-state index in [4.69, 9.17) is 9.84 Å². The molecule has 0 radical (unpaired) electrons. The maximum absolute atomic E-state index is 14.1. The fraction of sp³-hybridized carbons (Fsp3) is 0.438. The normalized spacial score (nSPS) is 17.4. The Kier molecular flexibility index (Phi) is 14.8. The van der Waals surface area contributed by atoms with Crippen molar-refractivity contribution < 1.29 is 34.1 Å². The van der Waals surface area contributed by atoms with Gasteiger partial charge in [0.05, 0.1) is 25.9 Å². The lowest BCUT2D eigenvalue weighted by Crippen LogP contribution is -2.57. The number of halogens is 1. The number of carbonyl (C=O) groups is 4. The van der Waals surface area contributed by atoms with E-state index < -0.39 is 42.0 Å². The molecule has 2 aromatic carbocycles. The van der Waals surface area contributed by atoms with Crippen LogP contribution in [0.25, 0.3) is 0 Å². The molecule has 0 saturated carbocycles. The molecule has 1 aliphatic heterocycles. The van der Waals surface area contributed by atoms with Gasteiger partial charge in [0.25, 0.3) is 0 Å². The van der Waals surface area contributed by atoms with Gasteiger partial charge < -0.3 is 35.8 Å². The smallest absolute Gasteiger partial charge is 0.246 e. The first-order valence-electron chi connectivity index (χ1n) is 14.7. The van der Waals surface area contributed by atoms with Crippen LogP contribution in [0.15, 0.2) is 67.3 Å². The topological polar surface area (TPSA) is 157 Å². The van der Waals surface area contributed by atoms with Gasteiger partial charge in [-0.05, 0) is 52.3 Å². The van der Waals surface area contributed by atoms with E-state index in [1.165, 1.54) is 4.90 Å². The molecule has 0 aromatic heterocycles. The molecule has 0 spiro atoms. The number of carbonyl (C=O) groups excluding carboxylic acids is 4. The van der Waals surface area contributed by atoms with Crippen molar-refractivity contribution in [3.05, 3.63) is 81.9 Å².